The van der Waals surface area contributed by atoms with E-state index in [1.54, 1.807) is 0 Å². The maximum absolute atomic E-state index is 8.79. The molecular weight excluding hydrogens is 190 g/mol. The topological polar surface area (TPSA) is 62.3 Å². The van der Waals surface area contributed by atoms with Crippen molar-refractivity contribution in [1.29, 1.82) is 5.26 Å². The fraction of sp³-hybridized carbons (Fsp3) is 0.364. The number of nitrogens with zero attached hydrogens (tertiary/aromatic N) is 2. The van der Waals surface area contributed by atoms with E-state index in [2.05, 4.69) is 11.0 Å². The molecule has 0 radical (unpaired) electrons. The molecule has 2 rings (SSSR count). The summed E-state index contributed by atoms with van der Waals surface area (Å²) in [5, 5.41) is 8.79. The number of benzene rings is 1. The first-order valence-electron chi connectivity index (χ1n) is 4.92. The third kappa shape index (κ3) is 2.03. The predicted octanol–water partition coefficient (Wildman–Crippen LogP) is 0.998. The van der Waals surface area contributed by atoms with E-state index in [-0.39, 0.29) is 6.10 Å². The molecule has 1 heterocycles. The number of ether oxygens (including phenoxy) is 1. The highest BCUT2D eigenvalue weighted by Crippen LogP contribution is 2.24. The van der Waals surface area contributed by atoms with Gasteiger partial charge in [-0.05, 0) is 12.1 Å². The average Bonchev–Trinajstić information content (AvgIpc) is 2.30. The zero-order valence-corrected chi connectivity index (χ0v) is 8.39. The lowest BCUT2D eigenvalue weighted by molar-refractivity contribution is 0.0765. The second kappa shape index (κ2) is 4.20. The van der Waals surface area contributed by atoms with Gasteiger partial charge in [0.2, 0.25) is 0 Å². The van der Waals surface area contributed by atoms with Crippen molar-refractivity contribution in [3.63, 3.8) is 0 Å². The lowest BCUT2D eigenvalue weighted by Gasteiger charge is -2.32. The van der Waals surface area contributed by atoms with Crippen LogP contribution in [0.1, 0.15) is 0 Å². The summed E-state index contributed by atoms with van der Waals surface area (Å²) in [5.41, 5.74) is 7.61. The molecule has 4 heteroatoms. The van der Waals surface area contributed by atoms with Crippen molar-refractivity contribution in [1.82, 2.24) is 0 Å². The minimum atomic E-state index is -0.349. The zero-order chi connectivity index (χ0) is 10.7. The molecule has 1 unspecified atom stereocenters. The van der Waals surface area contributed by atoms with Gasteiger partial charge < -0.3 is 15.4 Å². The van der Waals surface area contributed by atoms with E-state index >= 15 is 0 Å². The number of nitriles is 1. The van der Waals surface area contributed by atoms with Crippen LogP contribution in [0.4, 0.5) is 11.4 Å². The molecule has 0 amide bonds. The molecular formula is C11H13N3O. The first-order valence-corrected chi connectivity index (χ1v) is 4.92. The summed E-state index contributed by atoms with van der Waals surface area (Å²) in [6.45, 7) is 1.95. The Morgan fingerprint density at radius 3 is 3.00 bits per heavy atom. The first kappa shape index (κ1) is 9.81. The van der Waals surface area contributed by atoms with Gasteiger partial charge >= 0.3 is 0 Å². The molecule has 15 heavy (non-hydrogen) atoms. The molecule has 2 N–H and O–H groups in total. The molecule has 1 aliphatic rings. The van der Waals surface area contributed by atoms with Crippen LogP contribution < -0.4 is 10.6 Å². The number of nitrogens with two attached hydrogens (primary N) is 1. The van der Waals surface area contributed by atoms with E-state index < -0.39 is 0 Å². The van der Waals surface area contributed by atoms with Crippen molar-refractivity contribution in [2.24, 2.45) is 0 Å². The SMILES string of the molecule is N#CC1CN(c2ccccc2N)CCO1. The van der Waals surface area contributed by atoms with Crippen LogP contribution in [0.2, 0.25) is 0 Å². The molecule has 1 aromatic carbocycles. The second-order valence-electron chi connectivity index (χ2n) is 3.49. The number of rotatable bonds is 1. The van der Waals surface area contributed by atoms with Gasteiger partial charge in [-0.25, -0.2) is 0 Å². The number of nitrogen functional groups attached to an aromatic ring is 1. The lowest BCUT2D eigenvalue weighted by Crippen LogP contribution is -2.42. The summed E-state index contributed by atoms with van der Waals surface area (Å²) in [6, 6.07) is 9.80. The van der Waals surface area contributed by atoms with Gasteiger partial charge in [0.25, 0.3) is 0 Å². The number of anilines is 2. The Labute approximate surface area is 88.9 Å². The Hall–Kier alpha value is -1.73. The Bertz CT molecular complexity index is 386. The highest BCUT2D eigenvalue weighted by atomic mass is 16.5. The Balaban J connectivity index is 2.18. The number of hydrogen-bond acceptors (Lipinski definition) is 4. The molecule has 0 aromatic heterocycles. The van der Waals surface area contributed by atoms with Crippen molar-refractivity contribution in [2.45, 2.75) is 6.10 Å². The molecule has 1 aromatic rings. The molecule has 1 aliphatic heterocycles. The summed E-state index contributed by atoms with van der Waals surface area (Å²) in [6.07, 6.45) is -0.349. The van der Waals surface area contributed by atoms with Gasteiger partial charge in [-0.1, -0.05) is 12.1 Å². The maximum atomic E-state index is 8.79. The van der Waals surface area contributed by atoms with E-state index in [4.69, 9.17) is 15.7 Å². The van der Waals surface area contributed by atoms with E-state index in [0.29, 0.717) is 13.2 Å². The third-order valence-corrected chi connectivity index (χ3v) is 2.49. The van der Waals surface area contributed by atoms with Crippen LogP contribution in [0.15, 0.2) is 24.3 Å². The monoisotopic (exact) mass is 203 g/mol. The van der Waals surface area contributed by atoms with Crippen LogP contribution in [0.3, 0.4) is 0 Å². The fourth-order valence-corrected chi connectivity index (χ4v) is 1.72. The van der Waals surface area contributed by atoms with Crippen LogP contribution in [0.5, 0.6) is 0 Å². The minimum Gasteiger partial charge on any atom is -0.397 e. The van der Waals surface area contributed by atoms with Crippen LogP contribution in [-0.4, -0.2) is 25.8 Å². The highest BCUT2D eigenvalue weighted by Gasteiger charge is 2.20. The van der Waals surface area contributed by atoms with Crippen molar-refractivity contribution in [2.75, 3.05) is 30.3 Å². The number of para-hydroxylation sites is 2. The standard InChI is InChI=1S/C11H13N3O/c12-7-9-8-14(5-6-15-9)11-4-2-1-3-10(11)13/h1-4,9H,5-6,8,13H2. The normalized spacial score (nSPS) is 21.0. The summed E-state index contributed by atoms with van der Waals surface area (Å²) in [5.74, 6) is 0. The van der Waals surface area contributed by atoms with Gasteiger partial charge in [0.1, 0.15) is 0 Å². The van der Waals surface area contributed by atoms with Gasteiger partial charge in [-0.3, -0.25) is 0 Å². The number of morpholine rings is 1. The highest BCUT2D eigenvalue weighted by molar-refractivity contribution is 5.67. The Morgan fingerprint density at radius 2 is 2.27 bits per heavy atom. The van der Waals surface area contributed by atoms with E-state index in [9.17, 15) is 0 Å². The summed E-state index contributed by atoms with van der Waals surface area (Å²) < 4.78 is 5.28. The summed E-state index contributed by atoms with van der Waals surface area (Å²) in [4.78, 5) is 2.09. The Kier molecular flexibility index (Phi) is 2.75. The van der Waals surface area contributed by atoms with Crippen molar-refractivity contribution < 1.29 is 4.74 Å². The molecule has 78 valence electrons. The van der Waals surface area contributed by atoms with E-state index in [0.717, 1.165) is 17.9 Å². The first-order chi connectivity index (χ1) is 7.31. The molecule has 0 bridgehead atoms. The molecule has 0 spiro atoms. The van der Waals surface area contributed by atoms with Gasteiger partial charge in [0.15, 0.2) is 6.10 Å². The van der Waals surface area contributed by atoms with Crippen molar-refractivity contribution in [3.8, 4) is 6.07 Å². The summed E-state index contributed by atoms with van der Waals surface area (Å²) in [7, 11) is 0. The van der Waals surface area contributed by atoms with Crippen LogP contribution in [-0.2, 0) is 4.74 Å². The van der Waals surface area contributed by atoms with Gasteiger partial charge in [0.05, 0.1) is 30.6 Å². The quantitative estimate of drug-likeness (QED) is 0.691. The largest absolute Gasteiger partial charge is 0.397 e. The lowest BCUT2D eigenvalue weighted by atomic mass is 10.2. The Morgan fingerprint density at radius 1 is 1.47 bits per heavy atom. The molecule has 1 atom stereocenters. The molecule has 1 saturated heterocycles. The maximum Gasteiger partial charge on any atom is 0.161 e. The van der Waals surface area contributed by atoms with Gasteiger partial charge in [0, 0.05) is 6.54 Å². The van der Waals surface area contributed by atoms with Crippen LogP contribution >= 0.6 is 0 Å². The smallest absolute Gasteiger partial charge is 0.161 e. The van der Waals surface area contributed by atoms with E-state index in [1.165, 1.54) is 0 Å². The second-order valence-corrected chi connectivity index (χ2v) is 3.49. The molecule has 0 saturated carbocycles. The van der Waals surface area contributed by atoms with Crippen LogP contribution in [0, 0.1) is 11.3 Å². The molecule has 4 nitrogen and oxygen atoms in total. The molecule has 1 fully saturated rings. The zero-order valence-electron chi connectivity index (χ0n) is 8.39. The number of hydrogen-bond donors (Lipinski definition) is 1. The summed E-state index contributed by atoms with van der Waals surface area (Å²) >= 11 is 0. The van der Waals surface area contributed by atoms with E-state index in [1.807, 2.05) is 24.3 Å². The van der Waals surface area contributed by atoms with Crippen LogP contribution in [0.25, 0.3) is 0 Å². The molecule has 0 aliphatic carbocycles. The van der Waals surface area contributed by atoms with Crippen molar-refractivity contribution in [3.05, 3.63) is 24.3 Å². The third-order valence-electron chi connectivity index (χ3n) is 2.49. The predicted molar refractivity (Wildman–Crippen MR) is 58.4 cm³/mol. The minimum absolute atomic E-state index is 0.349. The fourth-order valence-electron chi connectivity index (χ4n) is 1.72. The van der Waals surface area contributed by atoms with Gasteiger partial charge in [-0.2, -0.15) is 5.26 Å². The van der Waals surface area contributed by atoms with Crippen molar-refractivity contribution >= 4 is 11.4 Å². The van der Waals surface area contributed by atoms with Gasteiger partial charge in [-0.15, -0.1) is 0 Å². The average molecular weight is 203 g/mol.